The van der Waals surface area contributed by atoms with Crippen LogP contribution in [0.25, 0.3) is 0 Å². The Bertz CT molecular complexity index is 339. The number of aliphatic hydroxyl groups excluding tert-OH is 1. The highest BCUT2D eigenvalue weighted by Gasteiger charge is 2.27. The SMILES string of the molecule is CP(=O)([O-])OP(=O)([O-])OC1CCCC(CO)O1. The maximum atomic E-state index is 11.2. The topological polar surface area (TPSA) is 128 Å². The molecule has 1 aliphatic heterocycles. The Morgan fingerprint density at radius 3 is 2.59 bits per heavy atom. The second-order valence-corrected chi connectivity index (χ2v) is 7.01. The summed E-state index contributed by atoms with van der Waals surface area (Å²) in [5.41, 5.74) is 0. The summed E-state index contributed by atoms with van der Waals surface area (Å²) in [7, 11) is -9.38. The lowest BCUT2D eigenvalue weighted by Gasteiger charge is -2.35. The molecule has 0 aliphatic carbocycles. The molecule has 0 bridgehead atoms. The Balaban J connectivity index is 2.52. The predicted octanol–water partition coefficient (Wildman–Crippen LogP) is -0.441. The van der Waals surface area contributed by atoms with E-state index in [9.17, 15) is 18.9 Å². The first kappa shape index (κ1) is 15.3. The molecule has 0 aromatic carbocycles. The summed E-state index contributed by atoms with van der Waals surface area (Å²) in [5, 5.41) is 8.84. The smallest absolute Gasteiger partial charge is 0.275 e. The molecule has 0 spiro atoms. The first-order valence-corrected chi connectivity index (χ1v) is 8.42. The Morgan fingerprint density at radius 1 is 1.41 bits per heavy atom. The van der Waals surface area contributed by atoms with Crippen molar-refractivity contribution in [1.82, 2.24) is 0 Å². The van der Waals surface area contributed by atoms with E-state index in [-0.39, 0.29) is 6.61 Å². The van der Waals surface area contributed by atoms with Crippen molar-refractivity contribution in [3.63, 3.8) is 0 Å². The van der Waals surface area contributed by atoms with Crippen molar-refractivity contribution in [3.05, 3.63) is 0 Å². The molecular formula is C7H14O8P2-2. The minimum atomic E-state index is -4.95. The average molecular weight is 288 g/mol. The highest BCUT2D eigenvalue weighted by molar-refractivity contribution is 7.62. The summed E-state index contributed by atoms with van der Waals surface area (Å²) in [6.45, 7) is 0.372. The van der Waals surface area contributed by atoms with Gasteiger partial charge in [0.15, 0.2) is 6.29 Å². The van der Waals surface area contributed by atoms with Crippen LogP contribution in [0.1, 0.15) is 19.3 Å². The van der Waals surface area contributed by atoms with Crippen LogP contribution in [0.15, 0.2) is 0 Å². The molecule has 0 radical (unpaired) electrons. The molecule has 4 atom stereocenters. The van der Waals surface area contributed by atoms with Gasteiger partial charge in [-0.05, 0) is 19.3 Å². The van der Waals surface area contributed by atoms with E-state index in [4.69, 9.17) is 9.84 Å². The highest BCUT2D eigenvalue weighted by atomic mass is 31.3. The monoisotopic (exact) mass is 288 g/mol. The summed E-state index contributed by atoms with van der Waals surface area (Å²) in [6.07, 6.45) is -0.130. The first-order chi connectivity index (χ1) is 7.72. The van der Waals surface area contributed by atoms with Gasteiger partial charge in [0, 0.05) is 6.66 Å². The van der Waals surface area contributed by atoms with E-state index in [2.05, 4.69) is 8.83 Å². The van der Waals surface area contributed by atoms with Gasteiger partial charge in [-0.1, -0.05) is 0 Å². The predicted molar refractivity (Wildman–Crippen MR) is 52.9 cm³/mol. The van der Waals surface area contributed by atoms with Gasteiger partial charge in [0.2, 0.25) is 0 Å². The Morgan fingerprint density at radius 2 is 2.06 bits per heavy atom. The van der Waals surface area contributed by atoms with Crippen molar-refractivity contribution in [3.8, 4) is 0 Å². The molecule has 1 fully saturated rings. The molecule has 1 rings (SSSR count). The molecule has 0 aromatic heterocycles. The van der Waals surface area contributed by atoms with Crippen LogP contribution in [-0.4, -0.2) is 30.8 Å². The van der Waals surface area contributed by atoms with Crippen LogP contribution in [-0.2, 0) is 22.7 Å². The molecule has 4 unspecified atom stereocenters. The average Bonchev–Trinajstić information content (AvgIpc) is 2.13. The molecule has 1 N–H and O–H groups in total. The second-order valence-electron chi connectivity index (χ2n) is 3.71. The van der Waals surface area contributed by atoms with Gasteiger partial charge in [0.25, 0.3) is 7.82 Å². The first-order valence-electron chi connectivity index (χ1n) is 4.97. The summed E-state index contributed by atoms with van der Waals surface area (Å²) in [6, 6.07) is 0. The lowest BCUT2D eigenvalue weighted by atomic mass is 10.1. The zero-order chi connectivity index (χ0) is 13.1. The molecule has 1 aliphatic rings. The molecule has 0 amide bonds. The van der Waals surface area contributed by atoms with Crippen molar-refractivity contribution >= 4 is 15.4 Å². The third kappa shape index (κ3) is 6.08. The standard InChI is InChI=1S/C7H16O8P2/c1-16(9,10)15-17(11,12)14-7-4-2-3-6(5-8)13-7/h6-8H,2-5H2,1H3,(H,9,10)(H,11,12)/p-2. The second kappa shape index (κ2) is 5.91. The van der Waals surface area contributed by atoms with E-state index < -0.39 is 27.8 Å². The fraction of sp³-hybridized carbons (Fsp3) is 1.00. The molecule has 10 heteroatoms. The quantitative estimate of drug-likeness (QED) is 0.674. The van der Waals surface area contributed by atoms with Gasteiger partial charge in [-0.25, -0.2) is 0 Å². The fourth-order valence-electron chi connectivity index (χ4n) is 1.42. The number of hydrogen-bond donors (Lipinski definition) is 1. The normalized spacial score (nSPS) is 32.7. The molecule has 1 saturated heterocycles. The van der Waals surface area contributed by atoms with E-state index in [1.165, 1.54) is 0 Å². The van der Waals surface area contributed by atoms with Gasteiger partial charge in [-0.15, -0.1) is 0 Å². The zero-order valence-electron chi connectivity index (χ0n) is 9.18. The number of ether oxygens (including phenoxy) is 1. The number of phosphoric ester groups is 1. The van der Waals surface area contributed by atoms with Crippen LogP contribution in [0.4, 0.5) is 0 Å². The van der Waals surface area contributed by atoms with Crippen LogP contribution < -0.4 is 9.79 Å². The van der Waals surface area contributed by atoms with Crippen molar-refractivity contribution in [2.24, 2.45) is 0 Å². The summed E-state index contributed by atoms with van der Waals surface area (Å²) in [5.74, 6) is 0. The molecule has 0 aromatic rings. The maximum absolute atomic E-state index is 11.2. The summed E-state index contributed by atoms with van der Waals surface area (Å²) in [4.78, 5) is 21.9. The van der Waals surface area contributed by atoms with Crippen molar-refractivity contribution in [2.45, 2.75) is 31.7 Å². The van der Waals surface area contributed by atoms with Crippen LogP contribution >= 0.6 is 15.4 Å². The zero-order valence-corrected chi connectivity index (χ0v) is 11.0. The Labute approximate surface area is 98.7 Å². The Kier molecular flexibility index (Phi) is 5.31. The van der Waals surface area contributed by atoms with E-state index in [0.29, 0.717) is 25.9 Å². The third-order valence-corrected chi connectivity index (χ3v) is 4.49. The van der Waals surface area contributed by atoms with E-state index >= 15 is 0 Å². The van der Waals surface area contributed by atoms with Gasteiger partial charge >= 0.3 is 0 Å². The molecule has 1 heterocycles. The van der Waals surface area contributed by atoms with Gasteiger partial charge in [0.1, 0.15) is 7.60 Å². The lowest BCUT2D eigenvalue weighted by molar-refractivity contribution is -0.255. The van der Waals surface area contributed by atoms with E-state index in [1.54, 1.807) is 0 Å². The summed E-state index contributed by atoms with van der Waals surface area (Å²) < 4.78 is 35.2. The van der Waals surface area contributed by atoms with Gasteiger partial charge < -0.3 is 24.2 Å². The number of phosphoric acid groups is 1. The third-order valence-electron chi connectivity index (χ3n) is 2.01. The largest absolute Gasteiger partial charge is 0.778 e. The van der Waals surface area contributed by atoms with Gasteiger partial charge in [-0.2, -0.15) is 0 Å². The van der Waals surface area contributed by atoms with Crippen LogP contribution in [0.2, 0.25) is 0 Å². The van der Waals surface area contributed by atoms with Crippen molar-refractivity contribution in [1.29, 1.82) is 0 Å². The van der Waals surface area contributed by atoms with E-state index in [0.717, 1.165) is 0 Å². The highest BCUT2D eigenvalue weighted by Crippen LogP contribution is 2.54. The lowest BCUT2D eigenvalue weighted by Crippen LogP contribution is -2.32. The minimum absolute atomic E-state index is 0.252. The van der Waals surface area contributed by atoms with Crippen molar-refractivity contribution in [2.75, 3.05) is 13.3 Å². The number of rotatable bonds is 5. The molecule has 17 heavy (non-hydrogen) atoms. The summed E-state index contributed by atoms with van der Waals surface area (Å²) >= 11 is 0. The minimum Gasteiger partial charge on any atom is -0.778 e. The molecular weight excluding hydrogens is 274 g/mol. The van der Waals surface area contributed by atoms with E-state index in [1.807, 2.05) is 0 Å². The molecule has 0 saturated carbocycles. The van der Waals surface area contributed by atoms with Crippen LogP contribution in [0.3, 0.4) is 0 Å². The van der Waals surface area contributed by atoms with Crippen LogP contribution in [0, 0.1) is 0 Å². The van der Waals surface area contributed by atoms with Gasteiger partial charge in [0.05, 0.1) is 12.7 Å². The van der Waals surface area contributed by atoms with Crippen LogP contribution in [0.5, 0.6) is 0 Å². The molecule has 8 nitrogen and oxygen atoms in total. The fourth-order valence-corrected chi connectivity index (χ4v) is 3.47. The van der Waals surface area contributed by atoms with Gasteiger partial charge in [-0.3, -0.25) is 13.4 Å². The number of hydrogen-bond acceptors (Lipinski definition) is 8. The Hall–Kier alpha value is 0.220. The number of aliphatic hydroxyl groups is 1. The maximum Gasteiger partial charge on any atom is 0.275 e. The molecule has 102 valence electrons. The van der Waals surface area contributed by atoms with Crippen molar-refractivity contribution < 1.29 is 37.6 Å².